The lowest BCUT2D eigenvalue weighted by Crippen LogP contribution is -2.63. The summed E-state index contributed by atoms with van der Waals surface area (Å²) >= 11 is 0. The van der Waals surface area contributed by atoms with E-state index >= 15 is 0 Å². The van der Waals surface area contributed by atoms with Gasteiger partial charge < -0.3 is 15.4 Å². The van der Waals surface area contributed by atoms with Gasteiger partial charge in [-0.05, 0) is 48.9 Å². The van der Waals surface area contributed by atoms with E-state index in [2.05, 4.69) is 20.4 Å². The van der Waals surface area contributed by atoms with Crippen LogP contribution in [0.1, 0.15) is 40.0 Å². The molecule has 3 fully saturated rings. The molecular weight excluding hydrogens is 416 g/mol. The third-order valence-electron chi connectivity index (χ3n) is 6.54. The molecule has 2 bridgehead atoms. The molecule has 6 rings (SSSR count). The summed E-state index contributed by atoms with van der Waals surface area (Å²) in [6.07, 6.45) is 4.56. The lowest BCUT2D eigenvalue weighted by Gasteiger charge is -2.62. The van der Waals surface area contributed by atoms with Crippen molar-refractivity contribution in [3.8, 4) is 11.1 Å². The molecule has 0 spiro atoms. The Morgan fingerprint density at radius 1 is 1.09 bits per heavy atom. The van der Waals surface area contributed by atoms with Gasteiger partial charge in [0.25, 0.3) is 5.91 Å². The molecule has 0 atom stereocenters. The zero-order valence-corrected chi connectivity index (χ0v) is 17.6. The van der Waals surface area contributed by atoms with Crippen molar-refractivity contribution in [1.29, 1.82) is 0 Å². The smallest absolute Gasteiger partial charge is 0.340 e. The number of methoxy groups -OCH3 is 1. The summed E-state index contributed by atoms with van der Waals surface area (Å²) in [5, 5.41) is 6.73. The van der Waals surface area contributed by atoms with Gasteiger partial charge in [-0.15, -0.1) is 0 Å². The molecule has 3 aliphatic carbocycles. The Morgan fingerprint density at radius 2 is 1.84 bits per heavy atom. The largest absolute Gasteiger partial charge is 0.465 e. The van der Waals surface area contributed by atoms with Crippen LogP contribution in [0.2, 0.25) is 0 Å². The molecule has 1 heterocycles. The van der Waals surface area contributed by atoms with Crippen LogP contribution in [0.25, 0.3) is 22.0 Å². The molecule has 1 aromatic heterocycles. The fourth-order valence-corrected chi connectivity index (χ4v) is 4.73. The second-order valence-corrected chi connectivity index (χ2v) is 8.55. The Hall–Kier alpha value is -3.55. The van der Waals surface area contributed by atoms with Crippen molar-refractivity contribution < 1.29 is 23.1 Å². The first-order chi connectivity index (χ1) is 15.3. The molecular formula is C24H21F2N3O3. The van der Waals surface area contributed by atoms with Crippen molar-refractivity contribution in [2.24, 2.45) is 5.92 Å². The van der Waals surface area contributed by atoms with E-state index < -0.39 is 17.6 Å². The van der Waals surface area contributed by atoms with Gasteiger partial charge in [0.15, 0.2) is 0 Å². The number of rotatable bonds is 5. The molecule has 0 aliphatic heterocycles. The lowest BCUT2D eigenvalue weighted by atomic mass is 9.50. The molecule has 0 radical (unpaired) electrons. The first-order valence-electron chi connectivity index (χ1n) is 10.3. The van der Waals surface area contributed by atoms with E-state index in [1.54, 1.807) is 13.1 Å². The zero-order chi connectivity index (χ0) is 22.6. The number of ether oxygens (including phenoxy) is 1. The second kappa shape index (κ2) is 7.25. The summed E-state index contributed by atoms with van der Waals surface area (Å²) in [6, 6.07) is 6.67. The molecule has 6 nitrogen and oxygen atoms in total. The minimum Gasteiger partial charge on any atom is -0.465 e. The van der Waals surface area contributed by atoms with E-state index in [0.29, 0.717) is 22.2 Å². The molecule has 32 heavy (non-hydrogen) atoms. The Bertz CT molecular complexity index is 1270. The van der Waals surface area contributed by atoms with Gasteiger partial charge in [-0.3, -0.25) is 9.78 Å². The van der Waals surface area contributed by atoms with Crippen molar-refractivity contribution >= 4 is 28.5 Å². The summed E-state index contributed by atoms with van der Waals surface area (Å²) < 4.78 is 34.0. The van der Waals surface area contributed by atoms with Gasteiger partial charge in [0.1, 0.15) is 11.6 Å². The number of aromatic nitrogens is 1. The van der Waals surface area contributed by atoms with E-state index in [0.717, 1.165) is 38.4 Å². The molecule has 0 saturated heterocycles. The Morgan fingerprint density at radius 3 is 2.44 bits per heavy atom. The Balaban J connectivity index is 1.66. The normalized spacial score (nSPS) is 20.8. The predicted molar refractivity (Wildman–Crippen MR) is 116 cm³/mol. The third kappa shape index (κ3) is 3.09. The molecule has 1 amide bonds. The lowest BCUT2D eigenvalue weighted by molar-refractivity contribution is 0.00220. The molecule has 2 N–H and O–H groups in total. The van der Waals surface area contributed by atoms with Crippen LogP contribution in [0.5, 0.6) is 0 Å². The molecule has 3 saturated carbocycles. The zero-order valence-electron chi connectivity index (χ0n) is 17.6. The van der Waals surface area contributed by atoms with Gasteiger partial charge in [-0.2, -0.15) is 0 Å². The maximum absolute atomic E-state index is 15.0. The number of nitrogens with zero attached hydrogens (tertiary/aromatic N) is 1. The van der Waals surface area contributed by atoms with E-state index in [9.17, 15) is 18.4 Å². The summed E-state index contributed by atoms with van der Waals surface area (Å²) in [7, 11) is 2.70. The molecule has 0 unspecified atom stereocenters. The summed E-state index contributed by atoms with van der Waals surface area (Å²) in [4.78, 5) is 28.5. The number of hydrogen-bond donors (Lipinski definition) is 2. The molecule has 8 heteroatoms. The SMILES string of the molecule is CNC(=O)c1cnc2cc(F)c(-c3ccc(C(=O)OC)c(F)c3)cc2c1NC12CC(C1)C2. The fourth-order valence-electron chi connectivity index (χ4n) is 4.73. The first kappa shape index (κ1) is 20.4. The number of fused-ring (bicyclic) bond motifs is 1. The maximum atomic E-state index is 15.0. The number of esters is 1. The number of carbonyl (C=O) groups is 2. The van der Waals surface area contributed by atoms with Crippen LogP contribution < -0.4 is 10.6 Å². The Kier molecular flexibility index (Phi) is 4.62. The highest BCUT2D eigenvalue weighted by molar-refractivity contribution is 6.08. The first-order valence-corrected chi connectivity index (χ1v) is 10.3. The monoisotopic (exact) mass is 437 g/mol. The number of amides is 1. The van der Waals surface area contributed by atoms with Crippen molar-refractivity contribution in [2.45, 2.75) is 24.8 Å². The van der Waals surface area contributed by atoms with Crippen LogP contribution in [0.3, 0.4) is 0 Å². The van der Waals surface area contributed by atoms with E-state index in [4.69, 9.17) is 0 Å². The van der Waals surface area contributed by atoms with Crippen LogP contribution in [-0.4, -0.2) is 36.6 Å². The van der Waals surface area contributed by atoms with Crippen LogP contribution in [0, 0.1) is 17.6 Å². The van der Waals surface area contributed by atoms with Crippen LogP contribution >= 0.6 is 0 Å². The quantitative estimate of drug-likeness (QED) is 0.582. The Labute approximate surface area is 183 Å². The summed E-state index contributed by atoms with van der Waals surface area (Å²) in [5.41, 5.74) is 1.49. The number of halogens is 2. The van der Waals surface area contributed by atoms with Gasteiger partial charge in [0.2, 0.25) is 0 Å². The summed E-state index contributed by atoms with van der Waals surface area (Å²) in [6.45, 7) is 0. The van der Waals surface area contributed by atoms with Crippen molar-refractivity contribution in [1.82, 2.24) is 10.3 Å². The minimum atomic E-state index is -0.808. The fraction of sp³-hybridized carbons (Fsp3) is 0.292. The van der Waals surface area contributed by atoms with Crippen LogP contribution in [0.15, 0.2) is 36.5 Å². The maximum Gasteiger partial charge on any atom is 0.340 e. The number of hydrogen-bond acceptors (Lipinski definition) is 5. The number of pyridine rings is 1. The van der Waals surface area contributed by atoms with Gasteiger partial charge in [0.05, 0.1) is 29.4 Å². The minimum absolute atomic E-state index is 0.0372. The number of carbonyl (C=O) groups excluding carboxylic acids is 2. The van der Waals surface area contributed by atoms with Crippen LogP contribution in [0.4, 0.5) is 14.5 Å². The van der Waals surface area contributed by atoms with E-state index in [1.165, 1.54) is 24.4 Å². The van der Waals surface area contributed by atoms with Gasteiger partial charge in [0, 0.05) is 35.8 Å². The standard InChI is InChI=1S/C24H21F2N3O3/c1-27-22(30)17-11-28-20-7-19(26)15(13-3-4-14(18(25)5-13)23(31)32-2)6-16(20)21(17)29-24-8-12(9-24)10-24/h3-7,11-12H,8-10H2,1-2H3,(H,27,30)(H,28,29). The van der Waals surface area contributed by atoms with Gasteiger partial charge in [-0.25, -0.2) is 13.6 Å². The molecule has 164 valence electrons. The van der Waals surface area contributed by atoms with Crippen molar-refractivity contribution in [3.05, 3.63) is 59.3 Å². The third-order valence-corrected chi connectivity index (χ3v) is 6.54. The highest BCUT2D eigenvalue weighted by atomic mass is 19.1. The highest BCUT2D eigenvalue weighted by Crippen LogP contribution is 2.59. The van der Waals surface area contributed by atoms with Crippen LogP contribution in [-0.2, 0) is 4.74 Å². The number of nitrogens with one attached hydrogen (secondary N) is 2. The average Bonchev–Trinajstić information content (AvgIpc) is 2.73. The van der Waals surface area contributed by atoms with E-state index in [1.807, 2.05) is 0 Å². The molecule has 3 aromatic rings. The number of benzene rings is 2. The summed E-state index contributed by atoms with van der Waals surface area (Å²) in [5.74, 6) is -1.77. The van der Waals surface area contributed by atoms with Crippen molar-refractivity contribution in [3.63, 3.8) is 0 Å². The second-order valence-electron chi connectivity index (χ2n) is 8.55. The predicted octanol–water partition coefficient (Wildman–Crippen LogP) is 4.29. The highest BCUT2D eigenvalue weighted by Gasteiger charge is 2.56. The molecule has 3 aliphatic rings. The topological polar surface area (TPSA) is 80.3 Å². The number of anilines is 1. The van der Waals surface area contributed by atoms with E-state index in [-0.39, 0.29) is 28.1 Å². The van der Waals surface area contributed by atoms with Crippen molar-refractivity contribution in [2.75, 3.05) is 19.5 Å². The molecule has 2 aromatic carbocycles. The average molecular weight is 437 g/mol. The van der Waals surface area contributed by atoms with Gasteiger partial charge >= 0.3 is 5.97 Å². The van der Waals surface area contributed by atoms with Gasteiger partial charge in [-0.1, -0.05) is 6.07 Å².